The van der Waals surface area contributed by atoms with Crippen molar-refractivity contribution >= 4 is 40.3 Å². The number of phenolic OH excluding ortho intramolecular Hbond substituents is 1. The predicted octanol–water partition coefficient (Wildman–Crippen LogP) is 5.44. The second-order valence-corrected chi connectivity index (χ2v) is 8.79. The summed E-state index contributed by atoms with van der Waals surface area (Å²) in [5.41, 5.74) is 4.25. The van der Waals surface area contributed by atoms with Gasteiger partial charge in [-0.1, -0.05) is 24.8 Å². The van der Waals surface area contributed by atoms with Crippen LogP contribution in [-0.4, -0.2) is 47.3 Å². The highest BCUT2D eigenvalue weighted by Gasteiger charge is 2.17. The van der Waals surface area contributed by atoms with E-state index in [0.717, 1.165) is 0 Å². The van der Waals surface area contributed by atoms with Crippen LogP contribution in [0.3, 0.4) is 0 Å². The largest absolute Gasteiger partial charge is 0.506 e. The first-order chi connectivity index (χ1) is 19.0. The number of amides is 1. The number of halogens is 1. The molecule has 0 unspecified atom stereocenters. The molecule has 5 rings (SSSR count). The number of hydrogen-bond acceptors (Lipinski definition) is 8. The molecule has 198 valence electrons. The van der Waals surface area contributed by atoms with Crippen LogP contribution < -0.4 is 20.9 Å². The van der Waals surface area contributed by atoms with E-state index in [9.17, 15) is 14.3 Å². The van der Waals surface area contributed by atoms with Gasteiger partial charge in [0.15, 0.2) is 0 Å². The van der Waals surface area contributed by atoms with E-state index in [1.165, 1.54) is 18.2 Å². The number of aromatic nitrogens is 2. The van der Waals surface area contributed by atoms with Gasteiger partial charge in [-0.25, -0.2) is 14.4 Å². The van der Waals surface area contributed by atoms with E-state index < -0.39 is 0 Å². The monoisotopic (exact) mass is 526 g/mol. The molecule has 2 heterocycles. The summed E-state index contributed by atoms with van der Waals surface area (Å²) >= 11 is 0. The molecule has 0 atom stereocenters. The Bertz CT molecular complexity index is 1510. The van der Waals surface area contributed by atoms with Crippen LogP contribution >= 0.6 is 0 Å². The van der Waals surface area contributed by atoms with Crippen molar-refractivity contribution in [3.05, 3.63) is 91.4 Å². The Hall–Kier alpha value is -4.96. The van der Waals surface area contributed by atoms with Gasteiger partial charge in [0.05, 0.1) is 36.5 Å². The first-order valence-corrected chi connectivity index (χ1v) is 12.3. The minimum atomic E-state index is -0.377. The Morgan fingerprint density at radius 2 is 1.77 bits per heavy atom. The van der Waals surface area contributed by atoms with Crippen LogP contribution in [0.4, 0.5) is 38.8 Å². The highest BCUT2D eigenvalue weighted by Crippen LogP contribution is 2.34. The van der Waals surface area contributed by atoms with Gasteiger partial charge < -0.3 is 30.7 Å². The summed E-state index contributed by atoms with van der Waals surface area (Å²) in [6.07, 6.45) is 2.80. The number of carbonyl (C=O) groups excluding carboxylic acids is 1. The maximum atomic E-state index is 13.8. The zero-order valence-electron chi connectivity index (χ0n) is 21.0. The van der Waals surface area contributed by atoms with Crippen molar-refractivity contribution < 1.29 is 19.0 Å². The Kier molecular flexibility index (Phi) is 7.65. The van der Waals surface area contributed by atoms with Gasteiger partial charge in [0.25, 0.3) is 0 Å². The average Bonchev–Trinajstić information content (AvgIpc) is 2.95. The predicted molar refractivity (Wildman–Crippen MR) is 150 cm³/mol. The van der Waals surface area contributed by atoms with Gasteiger partial charge in [-0.15, -0.1) is 0 Å². The average molecular weight is 527 g/mol. The molecule has 0 spiro atoms. The van der Waals surface area contributed by atoms with E-state index in [2.05, 4.69) is 32.4 Å². The molecule has 1 aliphatic rings. The third-order valence-corrected chi connectivity index (χ3v) is 6.06. The number of morpholine rings is 1. The molecule has 1 fully saturated rings. The zero-order valence-corrected chi connectivity index (χ0v) is 21.0. The van der Waals surface area contributed by atoms with Crippen molar-refractivity contribution in [2.75, 3.05) is 47.2 Å². The lowest BCUT2D eigenvalue weighted by atomic mass is 10.1. The maximum absolute atomic E-state index is 13.8. The number of nitrogens with zero attached hydrogens (tertiary/aromatic N) is 3. The molecular weight excluding hydrogens is 499 g/mol. The summed E-state index contributed by atoms with van der Waals surface area (Å²) in [5, 5.41) is 19.6. The summed E-state index contributed by atoms with van der Waals surface area (Å²) in [6.45, 7) is 6.03. The van der Waals surface area contributed by atoms with Crippen LogP contribution in [0.5, 0.6) is 5.75 Å². The van der Waals surface area contributed by atoms with Gasteiger partial charge in [-0.3, -0.25) is 4.79 Å². The summed E-state index contributed by atoms with van der Waals surface area (Å²) in [6, 6.07) is 18.5. The number of benzene rings is 3. The second-order valence-electron chi connectivity index (χ2n) is 8.79. The van der Waals surface area contributed by atoms with Crippen molar-refractivity contribution in [1.82, 2.24) is 9.97 Å². The Morgan fingerprint density at radius 3 is 2.56 bits per heavy atom. The molecule has 0 radical (unpaired) electrons. The molecule has 1 aliphatic heterocycles. The molecule has 0 bridgehead atoms. The van der Waals surface area contributed by atoms with Gasteiger partial charge in [0, 0.05) is 35.7 Å². The second kappa shape index (κ2) is 11.6. The zero-order chi connectivity index (χ0) is 27.2. The van der Waals surface area contributed by atoms with Crippen LogP contribution in [0.25, 0.3) is 11.3 Å². The molecule has 10 heteroatoms. The number of ether oxygens (including phenoxy) is 1. The Morgan fingerprint density at radius 1 is 1.00 bits per heavy atom. The Balaban J connectivity index is 1.49. The van der Waals surface area contributed by atoms with Crippen LogP contribution in [0.1, 0.15) is 0 Å². The number of anilines is 6. The third-order valence-electron chi connectivity index (χ3n) is 6.06. The minimum absolute atomic E-state index is 0.178. The van der Waals surface area contributed by atoms with Crippen molar-refractivity contribution in [2.24, 2.45) is 0 Å². The number of phenols is 1. The molecule has 1 amide bonds. The molecule has 4 N–H and O–H groups in total. The molecule has 3 aromatic carbocycles. The maximum Gasteiger partial charge on any atom is 0.247 e. The third kappa shape index (κ3) is 6.31. The van der Waals surface area contributed by atoms with Crippen molar-refractivity contribution in [1.29, 1.82) is 0 Å². The number of nitrogens with one attached hydrogen (secondary N) is 3. The molecule has 4 aromatic rings. The highest BCUT2D eigenvalue weighted by molar-refractivity contribution is 5.99. The molecule has 1 saturated heterocycles. The molecule has 0 saturated carbocycles. The number of carbonyl (C=O) groups is 1. The summed E-state index contributed by atoms with van der Waals surface area (Å²) in [7, 11) is 0. The van der Waals surface area contributed by atoms with Crippen LogP contribution in [0, 0.1) is 5.82 Å². The van der Waals surface area contributed by atoms with Gasteiger partial charge in [0.2, 0.25) is 11.9 Å². The van der Waals surface area contributed by atoms with Crippen LogP contribution in [0.15, 0.2) is 85.6 Å². The fourth-order valence-corrected chi connectivity index (χ4v) is 4.20. The van der Waals surface area contributed by atoms with Crippen molar-refractivity contribution in [3.8, 4) is 17.0 Å². The molecule has 39 heavy (non-hydrogen) atoms. The lowest BCUT2D eigenvalue weighted by Gasteiger charge is -2.29. The fourth-order valence-electron chi connectivity index (χ4n) is 4.20. The first-order valence-electron chi connectivity index (χ1n) is 12.3. The number of aromatic hydroxyl groups is 1. The van der Waals surface area contributed by atoms with Crippen LogP contribution in [-0.2, 0) is 9.53 Å². The smallest absolute Gasteiger partial charge is 0.247 e. The molecular formula is C29H27FN6O3. The van der Waals surface area contributed by atoms with Gasteiger partial charge in [-0.2, -0.15) is 0 Å². The summed E-state index contributed by atoms with van der Waals surface area (Å²) in [4.78, 5) is 23.1. The van der Waals surface area contributed by atoms with E-state index in [1.807, 2.05) is 12.1 Å². The SMILES string of the molecule is C=CC(=O)Nc1cccc(-c2nc(Nc3ccc(O)c(N4CCOCC4)c3)ncc2Nc2cccc(F)c2)c1. The van der Waals surface area contributed by atoms with E-state index >= 15 is 0 Å². The standard InChI is InChI=1S/C29H27FN6O3/c1-2-27(38)33-21-7-3-5-19(15-21)28-24(32-22-8-4-6-20(30)16-22)18-31-29(35-28)34-23-9-10-26(37)25(17-23)36-11-13-39-14-12-36/h2-10,15-18,32,37H,1,11-14H2,(H,33,38)(H,31,34,35). The quantitative estimate of drug-likeness (QED) is 0.178. The minimum Gasteiger partial charge on any atom is -0.506 e. The summed E-state index contributed by atoms with van der Waals surface area (Å²) in [5.74, 6) is -0.219. The van der Waals surface area contributed by atoms with E-state index in [4.69, 9.17) is 9.72 Å². The van der Waals surface area contributed by atoms with Gasteiger partial charge >= 0.3 is 0 Å². The normalized spacial score (nSPS) is 13.0. The number of rotatable bonds is 8. The van der Waals surface area contributed by atoms with Crippen molar-refractivity contribution in [3.63, 3.8) is 0 Å². The van der Waals surface area contributed by atoms with E-state index in [1.54, 1.807) is 48.7 Å². The van der Waals surface area contributed by atoms with Gasteiger partial charge in [0.1, 0.15) is 11.6 Å². The van der Waals surface area contributed by atoms with E-state index in [-0.39, 0.29) is 17.5 Å². The molecule has 9 nitrogen and oxygen atoms in total. The fraction of sp³-hybridized carbons (Fsp3) is 0.138. The lowest BCUT2D eigenvalue weighted by Crippen LogP contribution is -2.36. The highest BCUT2D eigenvalue weighted by atomic mass is 19.1. The molecule has 1 aromatic heterocycles. The lowest BCUT2D eigenvalue weighted by molar-refractivity contribution is -0.111. The summed E-state index contributed by atoms with van der Waals surface area (Å²) < 4.78 is 19.3. The van der Waals surface area contributed by atoms with Crippen molar-refractivity contribution in [2.45, 2.75) is 0 Å². The van der Waals surface area contributed by atoms with E-state index in [0.29, 0.717) is 71.9 Å². The van der Waals surface area contributed by atoms with Crippen LogP contribution in [0.2, 0.25) is 0 Å². The number of hydrogen-bond donors (Lipinski definition) is 4. The molecule has 0 aliphatic carbocycles. The Labute approximate surface area is 225 Å². The van der Waals surface area contributed by atoms with Gasteiger partial charge in [-0.05, 0) is 54.6 Å². The first kappa shape index (κ1) is 25.7. The topological polar surface area (TPSA) is 112 Å².